The molecule has 1 rings (SSSR count). The van der Waals surface area contributed by atoms with Gasteiger partial charge in [0.2, 0.25) is 0 Å². The third-order valence-electron chi connectivity index (χ3n) is 2.20. The Morgan fingerprint density at radius 2 is 2.19 bits per heavy atom. The van der Waals surface area contributed by atoms with Gasteiger partial charge in [0.15, 0.2) is 0 Å². The maximum absolute atomic E-state index is 12.4. The van der Waals surface area contributed by atoms with Crippen LogP contribution in [0, 0.1) is 17.2 Å². The van der Waals surface area contributed by atoms with E-state index in [1.807, 2.05) is 6.92 Å². The molecule has 4 heteroatoms. The third kappa shape index (κ3) is 3.95. The summed E-state index contributed by atoms with van der Waals surface area (Å²) in [6.07, 6.45) is -2.43. The predicted molar refractivity (Wildman–Crippen MR) is 57.9 cm³/mol. The summed E-state index contributed by atoms with van der Waals surface area (Å²) < 4.78 is 24.8. The van der Waals surface area contributed by atoms with Crippen LogP contribution < -0.4 is 5.32 Å². The molecule has 0 bridgehead atoms. The summed E-state index contributed by atoms with van der Waals surface area (Å²) >= 11 is 0. The normalized spacial score (nSPS) is 12.4. The van der Waals surface area contributed by atoms with Crippen LogP contribution in [-0.4, -0.2) is 6.54 Å². The fraction of sp³-hybridized carbons (Fsp3) is 0.417. The molecule has 0 spiro atoms. The average molecular weight is 224 g/mol. The lowest BCUT2D eigenvalue weighted by Crippen LogP contribution is -2.19. The third-order valence-corrected chi connectivity index (χ3v) is 2.20. The molecule has 0 aliphatic heterocycles. The van der Waals surface area contributed by atoms with E-state index in [-0.39, 0.29) is 11.5 Å². The first-order chi connectivity index (χ1) is 7.63. The van der Waals surface area contributed by atoms with Crippen LogP contribution in [0.1, 0.15) is 24.5 Å². The highest BCUT2D eigenvalue weighted by atomic mass is 19.3. The second-order valence-corrected chi connectivity index (χ2v) is 3.71. The standard InChI is InChI=1S/C12H14F2N2/c1-9(6-15)7-16-8-10-3-2-4-11(5-10)12(13)14/h2-5,9,12,16H,7-8H2,1H3. The van der Waals surface area contributed by atoms with Crippen LogP contribution in [0.3, 0.4) is 0 Å². The molecular formula is C12H14F2N2. The second-order valence-electron chi connectivity index (χ2n) is 3.71. The van der Waals surface area contributed by atoms with Crippen molar-refractivity contribution in [1.29, 1.82) is 5.26 Å². The zero-order chi connectivity index (χ0) is 12.0. The number of rotatable bonds is 5. The van der Waals surface area contributed by atoms with E-state index < -0.39 is 6.43 Å². The second kappa shape index (κ2) is 6.19. The van der Waals surface area contributed by atoms with Gasteiger partial charge >= 0.3 is 0 Å². The van der Waals surface area contributed by atoms with Crippen molar-refractivity contribution in [2.24, 2.45) is 5.92 Å². The molecule has 16 heavy (non-hydrogen) atoms. The van der Waals surface area contributed by atoms with Crippen LogP contribution in [0.5, 0.6) is 0 Å². The van der Waals surface area contributed by atoms with Crippen molar-refractivity contribution in [3.8, 4) is 6.07 Å². The van der Waals surface area contributed by atoms with Crippen LogP contribution in [0.15, 0.2) is 24.3 Å². The lowest BCUT2D eigenvalue weighted by atomic mass is 10.1. The molecule has 0 aliphatic rings. The Bertz CT molecular complexity index is 372. The van der Waals surface area contributed by atoms with E-state index in [1.54, 1.807) is 12.1 Å². The first-order valence-electron chi connectivity index (χ1n) is 5.11. The van der Waals surface area contributed by atoms with Gasteiger partial charge in [-0.3, -0.25) is 0 Å². The van der Waals surface area contributed by atoms with Gasteiger partial charge in [0.05, 0.1) is 12.0 Å². The Balaban J connectivity index is 2.48. The molecule has 0 heterocycles. The SMILES string of the molecule is CC(C#N)CNCc1cccc(C(F)F)c1. The minimum Gasteiger partial charge on any atom is -0.311 e. The molecule has 0 saturated heterocycles. The smallest absolute Gasteiger partial charge is 0.263 e. The zero-order valence-corrected chi connectivity index (χ0v) is 9.08. The Labute approximate surface area is 93.9 Å². The summed E-state index contributed by atoms with van der Waals surface area (Å²) in [6.45, 7) is 2.88. The van der Waals surface area contributed by atoms with E-state index in [0.717, 1.165) is 5.56 Å². The summed E-state index contributed by atoms with van der Waals surface area (Å²) in [6, 6.07) is 8.39. The van der Waals surface area contributed by atoms with Crippen molar-refractivity contribution in [3.05, 3.63) is 35.4 Å². The summed E-state index contributed by atoms with van der Waals surface area (Å²) in [5.41, 5.74) is 0.843. The highest BCUT2D eigenvalue weighted by molar-refractivity contribution is 5.24. The van der Waals surface area contributed by atoms with Crippen molar-refractivity contribution < 1.29 is 8.78 Å². The van der Waals surface area contributed by atoms with E-state index in [9.17, 15) is 8.78 Å². The molecule has 0 aliphatic carbocycles. The molecule has 1 N–H and O–H groups in total. The van der Waals surface area contributed by atoms with E-state index >= 15 is 0 Å². The van der Waals surface area contributed by atoms with Gasteiger partial charge in [-0.05, 0) is 18.6 Å². The molecule has 0 amide bonds. The van der Waals surface area contributed by atoms with Gasteiger partial charge in [-0.15, -0.1) is 0 Å². The number of hydrogen-bond acceptors (Lipinski definition) is 2. The molecule has 0 radical (unpaired) electrons. The number of nitrogens with zero attached hydrogens (tertiary/aromatic N) is 1. The van der Waals surface area contributed by atoms with Crippen LogP contribution in [0.2, 0.25) is 0 Å². The quantitative estimate of drug-likeness (QED) is 0.834. The number of hydrogen-bond donors (Lipinski definition) is 1. The van der Waals surface area contributed by atoms with Gasteiger partial charge in [-0.25, -0.2) is 8.78 Å². The first-order valence-corrected chi connectivity index (χ1v) is 5.11. The average Bonchev–Trinajstić information content (AvgIpc) is 2.29. The summed E-state index contributed by atoms with van der Waals surface area (Å²) in [5, 5.41) is 11.6. The summed E-state index contributed by atoms with van der Waals surface area (Å²) in [4.78, 5) is 0. The van der Waals surface area contributed by atoms with Crippen molar-refractivity contribution in [3.63, 3.8) is 0 Å². The van der Waals surface area contributed by atoms with E-state index in [1.165, 1.54) is 12.1 Å². The fourth-order valence-electron chi connectivity index (χ4n) is 1.32. The number of nitriles is 1. The van der Waals surface area contributed by atoms with E-state index in [2.05, 4.69) is 11.4 Å². The molecule has 0 aromatic heterocycles. The van der Waals surface area contributed by atoms with Crippen molar-refractivity contribution in [1.82, 2.24) is 5.32 Å². The maximum atomic E-state index is 12.4. The Kier molecular flexibility index (Phi) is 4.87. The molecular weight excluding hydrogens is 210 g/mol. The monoisotopic (exact) mass is 224 g/mol. The number of nitrogens with one attached hydrogen (secondary N) is 1. The lowest BCUT2D eigenvalue weighted by Gasteiger charge is -2.07. The van der Waals surface area contributed by atoms with E-state index in [0.29, 0.717) is 13.1 Å². The van der Waals surface area contributed by atoms with Crippen molar-refractivity contribution in [2.45, 2.75) is 19.9 Å². The largest absolute Gasteiger partial charge is 0.311 e. The Morgan fingerprint density at radius 1 is 1.44 bits per heavy atom. The number of alkyl halides is 2. The van der Waals surface area contributed by atoms with Crippen LogP contribution in [-0.2, 0) is 6.54 Å². The van der Waals surface area contributed by atoms with Gasteiger partial charge in [-0.1, -0.05) is 18.2 Å². The topological polar surface area (TPSA) is 35.8 Å². The van der Waals surface area contributed by atoms with Gasteiger partial charge < -0.3 is 5.32 Å². The molecule has 2 nitrogen and oxygen atoms in total. The predicted octanol–water partition coefficient (Wildman–Crippen LogP) is 2.87. The molecule has 1 aromatic carbocycles. The van der Waals surface area contributed by atoms with Gasteiger partial charge in [0.1, 0.15) is 0 Å². The maximum Gasteiger partial charge on any atom is 0.263 e. The van der Waals surface area contributed by atoms with Gasteiger partial charge in [-0.2, -0.15) is 5.26 Å². The molecule has 0 saturated carbocycles. The number of benzene rings is 1. The molecule has 1 unspecified atom stereocenters. The Hall–Kier alpha value is -1.47. The highest BCUT2D eigenvalue weighted by Gasteiger charge is 2.06. The molecule has 0 fully saturated rings. The van der Waals surface area contributed by atoms with Crippen molar-refractivity contribution in [2.75, 3.05) is 6.54 Å². The van der Waals surface area contributed by atoms with Gasteiger partial charge in [0.25, 0.3) is 6.43 Å². The molecule has 1 atom stereocenters. The lowest BCUT2D eigenvalue weighted by molar-refractivity contribution is 0.151. The zero-order valence-electron chi connectivity index (χ0n) is 9.08. The van der Waals surface area contributed by atoms with Crippen LogP contribution in [0.4, 0.5) is 8.78 Å². The van der Waals surface area contributed by atoms with Crippen molar-refractivity contribution >= 4 is 0 Å². The van der Waals surface area contributed by atoms with Crippen LogP contribution in [0.25, 0.3) is 0 Å². The van der Waals surface area contributed by atoms with Crippen LogP contribution >= 0.6 is 0 Å². The fourth-order valence-corrected chi connectivity index (χ4v) is 1.32. The van der Waals surface area contributed by atoms with Gasteiger partial charge in [0, 0.05) is 18.7 Å². The Morgan fingerprint density at radius 3 is 2.81 bits per heavy atom. The molecule has 86 valence electrons. The first kappa shape index (κ1) is 12.6. The van der Waals surface area contributed by atoms with E-state index in [4.69, 9.17) is 5.26 Å². The summed E-state index contributed by atoms with van der Waals surface area (Å²) in [7, 11) is 0. The summed E-state index contributed by atoms with van der Waals surface area (Å²) in [5.74, 6) is -0.0710. The highest BCUT2D eigenvalue weighted by Crippen LogP contribution is 2.19. The molecule has 1 aromatic rings. The minimum atomic E-state index is -2.43. The minimum absolute atomic E-state index is 0.0348. The number of halogens is 2.